The van der Waals surface area contributed by atoms with Crippen molar-refractivity contribution in [1.29, 1.82) is 0 Å². The molecule has 0 saturated heterocycles. The van der Waals surface area contributed by atoms with Crippen molar-refractivity contribution in [2.45, 2.75) is 0 Å². The lowest BCUT2D eigenvalue weighted by Crippen LogP contribution is -1.91. The van der Waals surface area contributed by atoms with Crippen LogP contribution < -0.4 is 5.32 Å². The maximum atomic E-state index is 13.7. The van der Waals surface area contributed by atoms with E-state index in [1.165, 1.54) is 17.4 Å². The highest BCUT2D eigenvalue weighted by Gasteiger charge is 2.15. The Kier molecular flexibility index (Phi) is 3.59. The molecule has 1 aliphatic rings. The summed E-state index contributed by atoms with van der Waals surface area (Å²) in [5.41, 5.74) is 3.13. The molecule has 0 atom stereocenters. The first kappa shape index (κ1) is 14.6. The molecule has 0 unspecified atom stereocenters. The second kappa shape index (κ2) is 5.90. The first-order valence-corrected chi connectivity index (χ1v) is 8.09. The maximum Gasteiger partial charge on any atom is 0.231 e. The molecule has 1 aliphatic heterocycles. The highest BCUT2D eigenvalue weighted by molar-refractivity contribution is 7.16. The van der Waals surface area contributed by atoms with Gasteiger partial charge in [-0.15, -0.1) is 0 Å². The molecule has 0 aliphatic carbocycles. The van der Waals surface area contributed by atoms with Crippen molar-refractivity contribution in [1.82, 2.24) is 4.98 Å². The van der Waals surface area contributed by atoms with E-state index in [0.29, 0.717) is 15.7 Å². The molecule has 4 rings (SSSR count). The highest BCUT2D eigenvalue weighted by Crippen LogP contribution is 2.37. The van der Waals surface area contributed by atoms with Crippen LogP contribution in [0.25, 0.3) is 11.6 Å². The molecular weight excluding hydrogens is 325 g/mol. The number of fused-ring (bicyclic) bond motifs is 1. The first-order valence-electron chi connectivity index (χ1n) is 7.27. The summed E-state index contributed by atoms with van der Waals surface area (Å²) in [4.78, 5) is 8.98. The van der Waals surface area contributed by atoms with Gasteiger partial charge in [0.1, 0.15) is 5.82 Å². The summed E-state index contributed by atoms with van der Waals surface area (Å²) in [6.45, 7) is 0. The van der Waals surface area contributed by atoms with Crippen LogP contribution in [0.2, 0.25) is 0 Å². The smallest absolute Gasteiger partial charge is 0.231 e. The molecule has 0 spiro atoms. The second-order valence-electron chi connectivity index (χ2n) is 5.19. The average Bonchev–Trinajstić information content (AvgIpc) is 3.14. The van der Waals surface area contributed by atoms with E-state index in [1.54, 1.807) is 24.4 Å². The molecule has 2 N–H and O–H groups in total. The van der Waals surface area contributed by atoms with Crippen LogP contribution in [0.5, 0.6) is 5.88 Å². The Morgan fingerprint density at radius 3 is 2.75 bits per heavy atom. The van der Waals surface area contributed by atoms with Gasteiger partial charge < -0.3 is 10.4 Å². The van der Waals surface area contributed by atoms with Gasteiger partial charge in [0, 0.05) is 17.4 Å². The number of aromatic hydroxyl groups is 1. The topological polar surface area (TPSA) is 57.5 Å². The molecule has 1 aromatic heterocycles. The van der Waals surface area contributed by atoms with Gasteiger partial charge in [-0.3, -0.25) is 4.99 Å². The van der Waals surface area contributed by atoms with Crippen molar-refractivity contribution in [3.8, 4) is 5.88 Å². The quantitative estimate of drug-likeness (QED) is 0.708. The van der Waals surface area contributed by atoms with Crippen molar-refractivity contribution < 1.29 is 9.50 Å². The van der Waals surface area contributed by atoms with E-state index in [0.717, 1.165) is 16.8 Å². The minimum Gasteiger partial charge on any atom is -0.492 e. The number of aliphatic imine (C=N–C) groups is 1. The van der Waals surface area contributed by atoms with Crippen LogP contribution >= 0.6 is 11.3 Å². The number of benzene rings is 2. The molecule has 24 heavy (non-hydrogen) atoms. The summed E-state index contributed by atoms with van der Waals surface area (Å²) in [5.74, 6) is -0.465. The SMILES string of the molecule is Oc1nc(Nc2ccccc2F)sc1/C=C1\C=Nc2ccccc21. The molecule has 2 heterocycles. The van der Waals surface area contributed by atoms with Gasteiger partial charge in [-0.25, -0.2) is 4.39 Å². The first-order chi connectivity index (χ1) is 11.7. The minimum absolute atomic E-state index is 0.0934. The Labute approximate surface area is 141 Å². The number of para-hydroxylation sites is 2. The summed E-state index contributed by atoms with van der Waals surface area (Å²) in [5, 5.41) is 13.4. The molecule has 6 heteroatoms. The van der Waals surface area contributed by atoms with Gasteiger partial charge in [0.25, 0.3) is 0 Å². The number of anilines is 2. The molecule has 2 aromatic carbocycles. The lowest BCUT2D eigenvalue weighted by atomic mass is 10.1. The largest absolute Gasteiger partial charge is 0.492 e. The molecule has 4 nitrogen and oxygen atoms in total. The Balaban J connectivity index is 1.65. The molecule has 0 amide bonds. The van der Waals surface area contributed by atoms with Crippen LogP contribution in [-0.4, -0.2) is 16.3 Å². The zero-order valence-electron chi connectivity index (χ0n) is 12.4. The Hall–Kier alpha value is -2.99. The molecule has 0 bridgehead atoms. The fraction of sp³-hybridized carbons (Fsp3) is 0. The van der Waals surface area contributed by atoms with E-state index in [9.17, 15) is 9.50 Å². The standard InChI is InChI=1S/C18H12FN3OS/c19-13-6-2-4-8-15(13)21-18-22-17(23)16(24-18)9-11-10-20-14-7-3-1-5-12(11)14/h1-10,23H,(H,21,22)/b11-9+. The van der Waals surface area contributed by atoms with E-state index in [2.05, 4.69) is 15.3 Å². The van der Waals surface area contributed by atoms with Crippen LogP contribution in [-0.2, 0) is 0 Å². The average molecular weight is 337 g/mol. The molecule has 118 valence electrons. The van der Waals surface area contributed by atoms with E-state index in [1.807, 2.05) is 30.3 Å². The highest BCUT2D eigenvalue weighted by atomic mass is 32.1. The van der Waals surface area contributed by atoms with Gasteiger partial charge in [0.05, 0.1) is 16.3 Å². The Bertz CT molecular complexity index is 978. The number of allylic oxidation sites excluding steroid dienone is 1. The van der Waals surface area contributed by atoms with Gasteiger partial charge >= 0.3 is 0 Å². The Morgan fingerprint density at radius 2 is 1.88 bits per heavy atom. The predicted octanol–water partition coefficient (Wildman–Crippen LogP) is 4.99. The predicted molar refractivity (Wildman–Crippen MR) is 95.9 cm³/mol. The third-order valence-electron chi connectivity index (χ3n) is 3.59. The van der Waals surface area contributed by atoms with Crippen LogP contribution in [0.4, 0.5) is 20.9 Å². The molecular formula is C18H12FN3OS. The van der Waals surface area contributed by atoms with Crippen molar-refractivity contribution >= 4 is 45.7 Å². The molecule has 0 saturated carbocycles. The monoisotopic (exact) mass is 337 g/mol. The maximum absolute atomic E-state index is 13.7. The molecule has 3 aromatic rings. The van der Waals surface area contributed by atoms with Crippen molar-refractivity contribution in [3.05, 3.63) is 64.8 Å². The second-order valence-corrected chi connectivity index (χ2v) is 6.22. The lowest BCUT2D eigenvalue weighted by molar-refractivity contribution is 0.457. The van der Waals surface area contributed by atoms with E-state index >= 15 is 0 Å². The van der Waals surface area contributed by atoms with E-state index < -0.39 is 0 Å². The zero-order chi connectivity index (χ0) is 16.5. The Morgan fingerprint density at radius 1 is 1.08 bits per heavy atom. The van der Waals surface area contributed by atoms with Crippen LogP contribution in [0.1, 0.15) is 10.4 Å². The van der Waals surface area contributed by atoms with E-state index in [4.69, 9.17) is 0 Å². The lowest BCUT2D eigenvalue weighted by Gasteiger charge is -2.02. The summed E-state index contributed by atoms with van der Waals surface area (Å²) >= 11 is 1.25. The fourth-order valence-electron chi connectivity index (χ4n) is 2.44. The summed E-state index contributed by atoms with van der Waals surface area (Å²) < 4.78 is 13.7. The van der Waals surface area contributed by atoms with Crippen LogP contribution in [0.15, 0.2) is 53.5 Å². The zero-order valence-corrected chi connectivity index (χ0v) is 13.2. The van der Waals surface area contributed by atoms with Gasteiger partial charge in [-0.05, 0) is 24.3 Å². The van der Waals surface area contributed by atoms with Gasteiger partial charge in [0.15, 0.2) is 5.13 Å². The van der Waals surface area contributed by atoms with Gasteiger partial charge in [-0.2, -0.15) is 4.98 Å². The molecule has 0 radical (unpaired) electrons. The minimum atomic E-state index is -0.371. The number of nitrogens with one attached hydrogen (secondary N) is 1. The summed E-state index contributed by atoms with van der Waals surface area (Å²) in [7, 11) is 0. The van der Waals surface area contributed by atoms with Gasteiger partial charge in [0.2, 0.25) is 5.88 Å². The van der Waals surface area contributed by atoms with Crippen molar-refractivity contribution in [2.75, 3.05) is 5.32 Å². The summed E-state index contributed by atoms with van der Waals surface area (Å²) in [6, 6.07) is 14.1. The van der Waals surface area contributed by atoms with Crippen molar-refractivity contribution in [3.63, 3.8) is 0 Å². The fourth-order valence-corrected chi connectivity index (χ4v) is 3.27. The van der Waals surface area contributed by atoms with Crippen LogP contribution in [0.3, 0.4) is 0 Å². The van der Waals surface area contributed by atoms with Crippen molar-refractivity contribution in [2.24, 2.45) is 4.99 Å². The third-order valence-corrected chi connectivity index (χ3v) is 4.50. The number of aromatic nitrogens is 1. The van der Waals surface area contributed by atoms with Gasteiger partial charge in [-0.1, -0.05) is 41.7 Å². The summed E-state index contributed by atoms with van der Waals surface area (Å²) in [6.07, 6.45) is 3.59. The normalized spacial score (nSPS) is 14.1. The van der Waals surface area contributed by atoms with E-state index in [-0.39, 0.29) is 11.7 Å². The number of thiazole rings is 1. The number of hydrogen-bond donors (Lipinski definition) is 2. The number of rotatable bonds is 3. The number of nitrogens with zero attached hydrogens (tertiary/aromatic N) is 2. The molecule has 0 fully saturated rings. The third kappa shape index (κ3) is 2.68. The number of halogens is 1. The number of hydrogen-bond acceptors (Lipinski definition) is 5. The van der Waals surface area contributed by atoms with Crippen LogP contribution in [0, 0.1) is 5.82 Å².